The Morgan fingerprint density at radius 2 is 1.76 bits per heavy atom. The van der Waals surface area contributed by atoms with Gasteiger partial charge in [0.15, 0.2) is 0 Å². The summed E-state index contributed by atoms with van der Waals surface area (Å²) in [6.45, 7) is 3.79. The van der Waals surface area contributed by atoms with E-state index in [4.69, 9.17) is 0 Å². The van der Waals surface area contributed by atoms with Crippen molar-refractivity contribution in [3.05, 3.63) is 65.2 Å². The van der Waals surface area contributed by atoms with Gasteiger partial charge in [-0.15, -0.1) is 0 Å². The van der Waals surface area contributed by atoms with E-state index in [0.717, 1.165) is 69.9 Å². The van der Waals surface area contributed by atoms with E-state index in [-0.39, 0.29) is 17.8 Å². The zero-order valence-electron chi connectivity index (χ0n) is 19.5. The molecule has 0 atom stereocenters. The topological polar surface area (TPSA) is 59.4 Å². The summed E-state index contributed by atoms with van der Waals surface area (Å²) in [4.78, 5) is 17.5. The molecule has 180 valence electrons. The quantitative estimate of drug-likeness (QED) is 0.554. The lowest BCUT2D eigenvalue weighted by Crippen LogP contribution is -2.45. The molecule has 4 rings (SSSR count). The number of carbonyl (C=O) groups is 1. The highest BCUT2D eigenvalue weighted by atomic mass is 19.1. The molecule has 1 N–H and O–H groups in total. The van der Waals surface area contributed by atoms with Crippen molar-refractivity contribution in [3.8, 4) is 6.07 Å². The maximum Gasteiger partial charge on any atom is 0.322 e. The van der Waals surface area contributed by atoms with Crippen molar-refractivity contribution in [1.29, 1.82) is 5.26 Å². The molecule has 2 aromatic rings. The van der Waals surface area contributed by atoms with Gasteiger partial charge in [0.25, 0.3) is 0 Å². The van der Waals surface area contributed by atoms with E-state index >= 15 is 0 Å². The van der Waals surface area contributed by atoms with E-state index < -0.39 is 11.6 Å². The van der Waals surface area contributed by atoms with Crippen LogP contribution in [-0.4, -0.2) is 48.1 Å². The maximum absolute atomic E-state index is 13.6. The SMILES string of the molecule is N#Cc1cccc([C@H]2CC[C@@H](N(CCCN3CCCC3)C(=O)Nc3cc(F)cc(F)c3)CC2)c1. The van der Waals surface area contributed by atoms with Gasteiger partial charge in [-0.25, -0.2) is 13.6 Å². The highest BCUT2D eigenvalue weighted by Gasteiger charge is 2.30. The van der Waals surface area contributed by atoms with Crippen molar-refractivity contribution < 1.29 is 13.6 Å². The Hall–Kier alpha value is -2.98. The van der Waals surface area contributed by atoms with Crippen LogP contribution in [0.1, 0.15) is 62.0 Å². The second kappa shape index (κ2) is 11.4. The molecule has 1 heterocycles. The van der Waals surface area contributed by atoms with Crippen molar-refractivity contribution in [3.63, 3.8) is 0 Å². The van der Waals surface area contributed by atoms with Gasteiger partial charge in [-0.2, -0.15) is 5.26 Å². The van der Waals surface area contributed by atoms with Gasteiger partial charge in [0.05, 0.1) is 11.6 Å². The van der Waals surface area contributed by atoms with Gasteiger partial charge in [0, 0.05) is 24.3 Å². The second-order valence-electron chi connectivity index (χ2n) is 9.43. The minimum absolute atomic E-state index is 0.0763. The highest BCUT2D eigenvalue weighted by Crippen LogP contribution is 2.35. The number of nitrogens with one attached hydrogen (secondary N) is 1. The van der Waals surface area contributed by atoms with Crippen LogP contribution in [0.2, 0.25) is 0 Å². The van der Waals surface area contributed by atoms with Gasteiger partial charge < -0.3 is 15.1 Å². The summed E-state index contributed by atoms with van der Waals surface area (Å²) in [6, 6.07) is 12.8. The van der Waals surface area contributed by atoms with Crippen molar-refractivity contribution in [2.45, 2.75) is 56.9 Å². The molecule has 0 aromatic heterocycles. The van der Waals surface area contributed by atoms with Gasteiger partial charge in [0.1, 0.15) is 11.6 Å². The molecule has 1 aliphatic heterocycles. The molecule has 2 amide bonds. The number of anilines is 1. The molecule has 34 heavy (non-hydrogen) atoms. The lowest BCUT2D eigenvalue weighted by Gasteiger charge is -2.37. The number of hydrogen-bond donors (Lipinski definition) is 1. The van der Waals surface area contributed by atoms with Gasteiger partial charge >= 0.3 is 6.03 Å². The van der Waals surface area contributed by atoms with E-state index in [9.17, 15) is 18.8 Å². The summed E-state index contributed by atoms with van der Waals surface area (Å²) in [5.74, 6) is -1.05. The van der Waals surface area contributed by atoms with Crippen LogP contribution in [0, 0.1) is 23.0 Å². The van der Waals surface area contributed by atoms with Crippen LogP contribution in [0.5, 0.6) is 0 Å². The number of halogens is 2. The monoisotopic (exact) mass is 466 g/mol. The molecule has 2 fully saturated rings. The van der Waals surface area contributed by atoms with E-state index in [1.165, 1.54) is 18.4 Å². The number of benzene rings is 2. The van der Waals surface area contributed by atoms with Crippen LogP contribution in [0.4, 0.5) is 19.3 Å². The molecular weight excluding hydrogens is 434 g/mol. The first kappa shape index (κ1) is 24.2. The Morgan fingerprint density at radius 1 is 1.06 bits per heavy atom. The van der Waals surface area contributed by atoms with Crippen LogP contribution < -0.4 is 5.32 Å². The van der Waals surface area contributed by atoms with Gasteiger partial charge in [0.2, 0.25) is 0 Å². The molecule has 1 saturated heterocycles. The summed E-state index contributed by atoms with van der Waals surface area (Å²) in [7, 11) is 0. The lowest BCUT2D eigenvalue weighted by atomic mass is 9.81. The van der Waals surface area contributed by atoms with Crippen molar-refractivity contribution in [2.75, 3.05) is 31.5 Å². The average Bonchev–Trinajstić information content (AvgIpc) is 3.35. The lowest BCUT2D eigenvalue weighted by molar-refractivity contribution is 0.157. The predicted molar refractivity (Wildman–Crippen MR) is 129 cm³/mol. The summed E-state index contributed by atoms with van der Waals surface area (Å²) >= 11 is 0. The summed E-state index contributed by atoms with van der Waals surface area (Å²) in [5.41, 5.74) is 1.98. The van der Waals surface area contributed by atoms with Crippen LogP contribution in [-0.2, 0) is 0 Å². The fraction of sp³-hybridized carbons (Fsp3) is 0.481. The zero-order chi connectivity index (χ0) is 23.9. The van der Waals surface area contributed by atoms with Crippen LogP contribution >= 0.6 is 0 Å². The number of hydrogen-bond acceptors (Lipinski definition) is 3. The molecule has 0 radical (unpaired) electrons. The van der Waals surface area contributed by atoms with Crippen molar-refractivity contribution >= 4 is 11.7 Å². The summed E-state index contributed by atoms with van der Waals surface area (Å²) in [6.07, 6.45) is 6.91. The third kappa shape index (κ3) is 6.32. The largest absolute Gasteiger partial charge is 0.322 e. The average molecular weight is 467 g/mol. The van der Waals surface area contributed by atoms with E-state index in [2.05, 4.69) is 22.4 Å². The molecule has 2 aliphatic rings. The Morgan fingerprint density at radius 3 is 2.44 bits per heavy atom. The Kier molecular flexibility index (Phi) is 8.12. The number of amides is 2. The molecule has 7 heteroatoms. The minimum atomic E-state index is -0.712. The van der Waals surface area contributed by atoms with Gasteiger partial charge in [-0.05, 0) is 100 Å². The van der Waals surface area contributed by atoms with E-state index in [1.807, 2.05) is 23.1 Å². The second-order valence-corrected chi connectivity index (χ2v) is 9.43. The fourth-order valence-electron chi connectivity index (χ4n) is 5.33. The first-order chi connectivity index (χ1) is 16.5. The van der Waals surface area contributed by atoms with Crippen molar-refractivity contribution in [2.24, 2.45) is 0 Å². The maximum atomic E-state index is 13.6. The predicted octanol–water partition coefficient (Wildman–Crippen LogP) is 5.88. The number of nitrogens with zero attached hydrogens (tertiary/aromatic N) is 3. The van der Waals surface area contributed by atoms with E-state index in [0.29, 0.717) is 18.0 Å². The number of carbonyl (C=O) groups excluding carboxylic acids is 1. The standard InChI is InChI=1S/C27H32F2N4O/c28-23-16-24(29)18-25(17-23)31-27(34)33(14-4-13-32-11-1-2-12-32)26-9-7-21(8-10-26)22-6-3-5-20(15-22)19-30/h3,5-6,15-18,21,26H,1-2,4,7-14H2,(H,31,34)/t21-,26+. The molecule has 0 unspecified atom stereocenters. The normalized spacial score (nSPS) is 20.6. The zero-order valence-corrected chi connectivity index (χ0v) is 19.5. The molecule has 1 aliphatic carbocycles. The molecule has 5 nitrogen and oxygen atoms in total. The molecule has 1 saturated carbocycles. The van der Waals surface area contributed by atoms with Crippen LogP contribution in [0.3, 0.4) is 0 Å². The number of rotatable bonds is 7. The fourth-order valence-corrected chi connectivity index (χ4v) is 5.33. The number of urea groups is 1. The van der Waals surface area contributed by atoms with Crippen LogP contribution in [0.15, 0.2) is 42.5 Å². The third-order valence-corrected chi connectivity index (χ3v) is 7.07. The number of nitriles is 1. The van der Waals surface area contributed by atoms with Crippen molar-refractivity contribution in [1.82, 2.24) is 9.80 Å². The van der Waals surface area contributed by atoms with E-state index in [1.54, 1.807) is 0 Å². The Labute approximate surface area is 200 Å². The van der Waals surface area contributed by atoms with Gasteiger partial charge in [-0.3, -0.25) is 0 Å². The molecular formula is C27H32F2N4O. The van der Waals surface area contributed by atoms with Gasteiger partial charge in [-0.1, -0.05) is 12.1 Å². The Bertz CT molecular complexity index is 1000. The minimum Gasteiger partial charge on any atom is -0.322 e. The third-order valence-electron chi connectivity index (χ3n) is 7.07. The summed E-state index contributed by atoms with van der Waals surface area (Å²) in [5, 5.41) is 11.9. The Balaban J connectivity index is 1.41. The first-order valence-corrected chi connectivity index (χ1v) is 12.3. The number of likely N-dealkylation sites (tertiary alicyclic amines) is 1. The van der Waals surface area contributed by atoms with Crippen LogP contribution in [0.25, 0.3) is 0 Å². The highest BCUT2D eigenvalue weighted by molar-refractivity contribution is 5.89. The molecule has 0 bridgehead atoms. The molecule has 0 spiro atoms. The smallest absolute Gasteiger partial charge is 0.322 e. The first-order valence-electron chi connectivity index (χ1n) is 12.3. The summed E-state index contributed by atoms with van der Waals surface area (Å²) < 4.78 is 27.3. The molecule has 2 aromatic carbocycles.